The first kappa shape index (κ1) is 22.8. The Morgan fingerprint density at radius 3 is 2.42 bits per heavy atom. The molecule has 0 radical (unpaired) electrons. The van der Waals surface area contributed by atoms with Gasteiger partial charge < -0.3 is 10.1 Å². The van der Waals surface area contributed by atoms with Gasteiger partial charge in [0.25, 0.3) is 15.9 Å². The number of nitrogens with one attached hydrogen (secondary N) is 1. The van der Waals surface area contributed by atoms with Crippen molar-refractivity contribution in [1.29, 1.82) is 0 Å². The first-order chi connectivity index (χ1) is 14.7. The largest absolute Gasteiger partial charge is 0.484 e. The molecule has 0 aliphatic carbocycles. The lowest BCUT2D eigenvalue weighted by atomic mass is 9.98. The fourth-order valence-electron chi connectivity index (χ4n) is 3.10. The van der Waals surface area contributed by atoms with Gasteiger partial charge in [0.05, 0.1) is 5.69 Å². The predicted octanol–water partition coefficient (Wildman–Crippen LogP) is 5.02. The van der Waals surface area contributed by atoms with E-state index in [-0.39, 0.29) is 22.6 Å². The molecular weight excluding hydrogens is 432 g/mol. The van der Waals surface area contributed by atoms with E-state index in [0.29, 0.717) is 11.4 Å². The molecule has 0 saturated heterocycles. The number of rotatable bonds is 8. The highest BCUT2D eigenvalue weighted by atomic mass is 32.2. The highest BCUT2D eigenvalue weighted by molar-refractivity contribution is 7.94. The van der Waals surface area contributed by atoms with E-state index in [4.69, 9.17) is 4.74 Å². The van der Waals surface area contributed by atoms with Gasteiger partial charge >= 0.3 is 0 Å². The third kappa shape index (κ3) is 5.26. The second-order valence-corrected chi connectivity index (χ2v) is 10.6. The number of carbonyl (C=O) groups excluding carboxylic acids is 1. The minimum Gasteiger partial charge on any atom is -0.484 e. The molecule has 0 saturated carbocycles. The second kappa shape index (κ2) is 9.53. The van der Waals surface area contributed by atoms with Gasteiger partial charge in [-0.25, -0.2) is 8.42 Å². The van der Waals surface area contributed by atoms with Crippen molar-refractivity contribution < 1.29 is 17.9 Å². The molecule has 0 spiro atoms. The Bertz CT molecular complexity index is 1140. The molecule has 0 bridgehead atoms. The highest BCUT2D eigenvalue weighted by Gasteiger charge is 2.22. The molecule has 164 valence electrons. The number of carbonyl (C=O) groups is 1. The summed E-state index contributed by atoms with van der Waals surface area (Å²) in [6.07, 6.45) is 0. The second-order valence-electron chi connectivity index (χ2n) is 7.43. The van der Waals surface area contributed by atoms with Crippen molar-refractivity contribution in [3.05, 3.63) is 71.1 Å². The normalized spacial score (nSPS) is 11.4. The number of hydrogen-bond acceptors (Lipinski definition) is 5. The Morgan fingerprint density at radius 1 is 1.10 bits per heavy atom. The Morgan fingerprint density at radius 2 is 1.81 bits per heavy atom. The zero-order valence-electron chi connectivity index (χ0n) is 18.0. The van der Waals surface area contributed by atoms with Crippen LogP contribution in [0.2, 0.25) is 0 Å². The number of thiophene rings is 1. The van der Waals surface area contributed by atoms with E-state index in [1.54, 1.807) is 41.8 Å². The molecule has 3 rings (SSSR count). The van der Waals surface area contributed by atoms with E-state index in [0.717, 1.165) is 16.8 Å². The molecular formula is C23H26N2O4S2. The fourth-order valence-corrected chi connectivity index (χ4v) is 5.46. The Hall–Kier alpha value is -2.84. The summed E-state index contributed by atoms with van der Waals surface area (Å²) >= 11 is 1.17. The molecule has 0 unspecified atom stereocenters. The third-order valence-corrected chi connectivity index (χ3v) is 8.03. The molecule has 1 N–H and O–H groups in total. The van der Waals surface area contributed by atoms with Gasteiger partial charge in [-0.2, -0.15) is 0 Å². The van der Waals surface area contributed by atoms with E-state index in [2.05, 4.69) is 19.2 Å². The lowest BCUT2D eigenvalue weighted by Gasteiger charge is -2.19. The first-order valence-corrected chi connectivity index (χ1v) is 12.2. The molecule has 2 aromatic carbocycles. The monoisotopic (exact) mass is 458 g/mol. The van der Waals surface area contributed by atoms with Crippen LogP contribution in [-0.2, 0) is 14.8 Å². The maximum atomic E-state index is 12.6. The van der Waals surface area contributed by atoms with Crippen molar-refractivity contribution in [3.8, 4) is 5.75 Å². The maximum Gasteiger partial charge on any atom is 0.273 e. The summed E-state index contributed by atoms with van der Waals surface area (Å²) in [5, 5.41) is 4.67. The molecule has 1 heterocycles. The standard InChI is InChI=1S/C23H26N2O4S2/c1-16(2)20-8-5-7-17(3)23(20)24-21(26)15-29-19-12-10-18(11-13-19)25(4)31(27,28)22-9-6-14-30-22/h5-14,16H,15H2,1-4H3,(H,24,26). The Balaban J connectivity index is 1.63. The van der Waals surface area contributed by atoms with E-state index in [9.17, 15) is 13.2 Å². The van der Waals surface area contributed by atoms with Gasteiger partial charge in [0.1, 0.15) is 9.96 Å². The van der Waals surface area contributed by atoms with Crippen molar-refractivity contribution in [2.45, 2.75) is 30.9 Å². The van der Waals surface area contributed by atoms with Crippen LogP contribution in [0.15, 0.2) is 64.2 Å². The zero-order valence-corrected chi connectivity index (χ0v) is 19.6. The summed E-state index contributed by atoms with van der Waals surface area (Å²) in [7, 11) is -2.08. The smallest absolute Gasteiger partial charge is 0.273 e. The Labute approximate surface area is 187 Å². The van der Waals surface area contributed by atoms with Crippen molar-refractivity contribution in [2.75, 3.05) is 23.3 Å². The van der Waals surface area contributed by atoms with Crippen LogP contribution in [0.1, 0.15) is 30.9 Å². The summed E-state index contributed by atoms with van der Waals surface area (Å²) in [6, 6.07) is 15.8. The van der Waals surface area contributed by atoms with Gasteiger partial charge in [0, 0.05) is 12.7 Å². The highest BCUT2D eigenvalue weighted by Crippen LogP contribution is 2.28. The van der Waals surface area contributed by atoms with Crippen LogP contribution < -0.4 is 14.4 Å². The number of hydrogen-bond donors (Lipinski definition) is 1. The van der Waals surface area contributed by atoms with Gasteiger partial charge in [-0.05, 0) is 59.7 Å². The summed E-state index contributed by atoms with van der Waals surface area (Å²) < 4.78 is 32.3. The SMILES string of the molecule is Cc1cccc(C(C)C)c1NC(=O)COc1ccc(N(C)S(=O)(=O)c2cccs2)cc1. The van der Waals surface area contributed by atoms with Crippen LogP contribution in [0, 0.1) is 6.92 Å². The summed E-state index contributed by atoms with van der Waals surface area (Å²) in [6.45, 7) is 5.98. The van der Waals surface area contributed by atoms with Crippen LogP contribution in [-0.4, -0.2) is 28.0 Å². The number of benzene rings is 2. The molecule has 0 aliphatic heterocycles. The average molecular weight is 459 g/mol. The van der Waals surface area contributed by atoms with Crippen LogP contribution in [0.25, 0.3) is 0 Å². The van der Waals surface area contributed by atoms with Crippen molar-refractivity contribution >= 4 is 38.6 Å². The quantitative estimate of drug-likeness (QED) is 0.514. The maximum absolute atomic E-state index is 12.6. The van der Waals surface area contributed by atoms with E-state index in [1.807, 2.05) is 25.1 Å². The number of nitrogens with zero attached hydrogens (tertiary/aromatic N) is 1. The van der Waals surface area contributed by atoms with Gasteiger partial charge in [0.2, 0.25) is 0 Å². The molecule has 1 amide bonds. The van der Waals surface area contributed by atoms with E-state index >= 15 is 0 Å². The van der Waals surface area contributed by atoms with Crippen LogP contribution >= 0.6 is 11.3 Å². The topological polar surface area (TPSA) is 75.7 Å². The lowest BCUT2D eigenvalue weighted by Crippen LogP contribution is -2.25. The van der Waals surface area contributed by atoms with E-state index in [1.165, 1.54) is 22.7 Å². The molecule has 1 aromatic heterocycles. The minimum atomic E-state index is -3.59. The number of sulfonamides is 1. The third-order valence-electron chi connectivity index (χ3n) is 4.87. The van der Waals surface area contributed by atoms with Gasteiger partial charge in [-0.3, -0.25) is 9.10 Å². The van der Waals surface area contributed by atoms with E-state index < -0.39 is 10.0 Å². The molecule has 8 heteroatoms. The molecule has 0 fully saturated rings. The van der Waals surface area contributed by atoms with Crippen molar-refractivity contribution in [3.63, 3.8) is 0 Å². The Kier molecular flexibility index (Phi) is 7.02. The number of ether oxygens (including phenoxy) is 1. The fraction of sp³-hybridized carbons (Fsp3) is 0.261. The van der Waals surface area contributed by atoms with Crippen LogP contribution in [0.3, 0.4) is 0 Å². The number of aryl methyl sites for hydroxylation is 1. The van der Waals surface area contributed by atoms with Gasteiger partial charge in [-0.1, -0.05) is 38.1 Å². The van der Waals surface area contributed by atoms with Crippen LogP contribution in [0.5, 0.6) is 5.75 Å². The molecule has 0 atom stereocenters. The van der Waals surface area contributed by atoms with Crippen molar-refractivity contribution in [2.24, 2.45) is 0 Å². The molecule has 31 heavy (non-hydrogen) atoms. The minimum absolute atomic E-state index is 0.144. The number of amides is 1. The zero-order chi connectivity index (χ0) is 22.6. The number of para-hydroxylation sites is 1. The lowest BCUT2D eigenvalue weighted by molar-refractivity contribution is -0.118. The van der Waals surface area contributed by atoms with Crippen molar-refractivity contribution in [1.82, 2.24) is 0 Å². The molecule has 6 nitrogen and oxygen atoms in total. The van der Waals surface area contributed by atoms with Gasteiger partial charge in [0.15, 0.2) is 6.61 Å². The molecule has 0 aliphatic rings. The summed E-state index contributed by atoms with van der Waals surface area (Å²) in [4.78, 5) is 12.4. The number of anilines is 2. The molecule has 3 aromatic rings. The predicted molar refractivity (Wildman–Crippen MR) is 126 cm³/mol. The average Bonchev–Trinajstić information content (AvgIpc) is 3.29. The summed E-state index contributed by atoms with van der Waals surface area (Å²) in [5.41, 5.74) is 3.40. The first-order valence-electron chi connectivity index (χ1n) is 9.85. The van der Waals surface area contributed by atoms with Crippen LogP contribution in [0.4, 0.5) is 11.4 Å². The summed E-state index contributed by atoms with van der Waals surface area (Å²) in [5.74, 6) is 0.512. The van der Waals surface area contributed by atoms with Gasteiger partial charge in [-0.15, -0.1) is 11.3 Å².